The summed E-state index contributed by atoms with van der Waals surface area (Å²) < 4.78 is 31.1. The van der Waals surface area contributed by atoms with Crippen molar-refractivity contribution in [2.75, 3.05) is 20.2 Å². The molecule has 1 aliphatic rings. The summed E-state index contributed by atoms with van der Waals surface area (Å²) in [6.07, 6.45) is 1.05. The minimum Gasteiger partial charge on any atom is -0.469 e. The van der Waals surface area contributed by atoms with Crippen LogP contribution in [0.4, 0.5) is 0 Å². The van der Waals surface area contributed by atoms with Crippen LogP contribution in [0.25, 0.3) is 0 Å². The first-order valence-electron chi connectivity index (χ1n) is 7.04. The van der Waals surface area contributed by atoms with Gasteiger partial charge in [-0.25, -0.2) is 12.7 Å². The molecule has 1 saturated heterocycles. The Hall–Kier alpha value is -1.40. The molecule has 0 spiro atoms. The number of hydrogen-bond acceptors (Lipinski definition) is 4. The first-order valence-corrected chi connectivity index (χ1v) is 8.65. The van der Waals surface area contributed by atoms with E-state index in [1.54, 1.807) is 0 Å². The van der Waals surface area contributed by atoms with Crippen LogP contribution in [0, 0.1) is 12.8 Å². The second kappa shape index (κ2) is 6.58. The molecule has 0 atom stereocenters. The number of sulfonamides is 1. The minimum atomic E-state index is -3.33. The van der Waals surface area contributed by atoms with Crippen LogP contribution in [-0.4, -0.2) is 38.9 Å². The highest BCUT2D eigenvalue weighted by Crippen LogP contribution is 2.23. The third kappa shape index (κ3) is 3.83. The van der Waals surface area contributed by atoms with Gasteiger partial charge in [0.2, 0.25) is 10.0 Å². The van der Waals surface area contributed by atoms with Gasteiger partial charge >= 0.3 is 5.97 Å². The highest BCUT2D eigenvalue weighted by Gasteiger charge is 2.31. The van der Waals surface area contributed by atoms with Crippen LogP contribution in [-0.2, 0) is 25.3 Å². The maximum atomic E-state index is 12.5. The Kier molecular flexibility index (Phi) is 5.00. The van der Waals surface area contributed by atoms with Gasteiger partial charge in [-0.05, 0) is 30.9 Å². The lowest BCUT2D eigenvalue weighted by molar-refractivity contribution is -0.146. The van der Waals surface area contributed by atoms with E-state index < -0.39 is 10.0 Å². The minimum absolute atomic E-state index is 0.0164. The molecular formula is C15H21NO4S. The van der Waals surface area contributed by atoms with Gasteiger partial charge < -0.3 is 4.74 Å². The van der Waals surface area contributed by atoms with E-state index in [2.05, 4.69) is 0 Å². The van der Waals surface area contributed by atoms with Crippen molar-refractivity contribution in [3.8, 4) is 0 Å². The Morgan fingerprint density at radius 1 is 1.29 bits per heavy atom. The summed E-state index contributed by atoms with van der Waals surface area (Å²) in [4.78, 5) is 11.5. The molecular weight excluding hydrogens is 290 g/mol. The van der Waals surface area contributed by atoms with Gasteiger partial charge in [0.1, 0.15) is 0 Å². The van der Waals surface area contributed by atoms with Crippen LogP contribution in [0.15, 0.2) is 24.3 Å². The Bertz CT molecular complexity index is 604. The number of carbonyl (C=O) groups excluding carboxylic acids is 1. The first-order chi connectivity index (χ1) is 9.94. The van der Waals surface area contributed by atoms with Gasteiger partial charge in [0.05, 0.1) is 18.8 Å². The average molecular weight is 311 g/mol. The molecule has 0 aromatic heterocycles. The van der Waals surface area contributed by atoms with Gasteiger partial charge in [0.15, 0.2) is 0 Å². The first kappa shape index (κ1) is 16.0. The van der Waals surface area contributed by atoms with Crippen molar-refractivity contribution in [1.82, 2.24) is 4.31 Å². The molecule has 1 aliphatic heterocycles. The Morgan fingerprint density at radius 2 is 1.90 bits per heavy atom. The maximum Gasteiger partial charge on any atom is 0.308 e. The van der Waals surface area contributed by atoms with Gasteiger partial charge in [-0.3, -0.25) is 4.79 Å². The number of hydrogen-bond donors (Lipinski definition) is 0. The molecule has 1 aromatic carbocycles. The fourth-order valence-corrected chi connectivity index (χ4v) is 4.26. The number of methoxy groups -OCH3 is 1. The Labute approximate surface area is 126 Å². The summed E-state index contributed by atoms with van der Waals surface area (Å²) in [5.41, 5.74) is 1.80. The van der Waals surface area contributed by atoms with Crippen LogP contribution < -0.4 is 0 Å². The number of nitrogens with zero attached hydrogens (tertiary/aromatic N) is 1. The molecule has 116 valence electrons. The number of piperidine rings is 1. The highest BCUT2D eigenvalue weighted by atomic mass is 32.2. The van der Waals surface area contributed by atoms with Crippen molar-refractivity contribution in [3.05, 3.63) is 35.4 Å². The van der Waals surface area contributed by atoms with E-state index in [1.807, 2.05) is 31.2 Å². The van der Waals surface area contributed by atoms with Crippen molar-refractivity contribution >= 4 is 16.0 Å². The summed E-state index contributed by atoms with van der Waals surface area (Å²) in [6, 6.07) is 7.50. The number of aryl methyl sites for hydroxylation is 1. The molecule has 0 saturated carbocycles. The fraction of sp³-hybridized carbons (Fsp3) is 0.533. The van der Waals surface area contributed by atoms with E-state index in [4.69, 9.17) is 4.74 Å². The van der Waals surface area contributed by atoms with Crippen LogP contribution in [0.5, 0.6) is 0 Å². The SMILES string of the molecule is COC(=O)C1CCN(S(=O)(=O)Cc2ccccc2C)CC1. The maximum absolute atomic E-state index is 12.5. The quantitative estimate of drug-likeness (QED) is 0.794. The summed E-state index contributed by atoms with van der Waals surface area (Å²) >= 11 is 0. The molecule has 1 heterocycles. The van der Waals surface area contributed by atoms with Gasteiger partial charge in [-0.2, -0.15) is 0 Å². The molecule has 0 radical (unpaired) electrons. The average Bonchev–Trinajstić information content (AvgIpc) is 2.49. The number of rotatable bonds is 4. The second-order valence-corrected chi connectivity index (χ2v) is 7.35. The molecule has 0 amide bonds. The summed E-state index contributed by atoms with van der Waals surface area (Å²) in [5, 5.41) is 0. The van der Waals surface area contributed by atoms with Crippen molar-refractivity contribution in [2.24, 2.45) is 5.92 Å². The van der Waals surface area contributed by atoms with E-state index in [9.17, 15) is 13.2 Å². The fourth-order valence-electron chi connectivity index (χ4n) is 2.60. The van der Waals surface area contributed by atoms with Crippen LogP contribution >= 0.6 is 0 Å². The zero-order valence-electron chi connectivity index (χ0n) is 12.4. The molecule has 0 bridgehead atoms. The second-order valence-electron chi connectivity index (χ2n) is 5.38. The number of benzene rings is 1. The standard InChI is InChI=1S/C15H21NO4S/c1-12-5-3-4-6-14(12)11-21(18,19)16-9-7-13(8-10-16)15(17)20-2/h3-6,13H,7-11H2,1-2H3. The van der Waals surface area contributed by atoms with E-state index >= 15 is 0 Å². The van der Waals surface area contributed by atoms with Crippen LogP contribution in [0.1, 0.15) is 24.0 Å². The van der Waals surface area contributed by atoms with Crippen LogP contribution in [0.2, 0.25) is 0 Å². The van der Waals surface area contributed by atoms with E-state index in [-0.39, 0.29) is 17.6 Å². The molecule has 0 aliphatic carbocycles. The Balaban J connectivity index is 2.02. The van der Waals surface area contributed by atoms with Gasteiger partial charge in [0, 0.05) is 13.1 Å². The summed E-state index contributed by atoms with van der Waals surface area (Å²) in [7, 11) is -1.97. The molecule has 2 rings (SSSR count). The largest absolute Gasteiger partial charge is 0.469 e. The van der Waals surface area contributed by atoms with Crippen molar-refractivity contribution in [3.63, 3.8) is 0 Å². The monoisotopic (exact) mass is 311 g/mol. The third-order valence-electron chi connectivity index (χ3n) is 3.98. The van der Waals surface area contributed by atoms with Gasteiger partial charge in [0.25, 0.3) is 0 Å². The van der Waals surface area contributed by atoms with E-state index in [0.717, 1.165) is 11.1 Å². The molecule has 0 N–H and O–H groups in total. The molecule has 1 aromatic rings. The van der Waals surface area contributed by atoms with Crippen molar-refractivity contribution in [2.45, 2.75) is 25.5 Å². The number of carbonyl (C=O) groups is 1. The van der Waals surface area contributed by atoms with Gasteiger partial charge in [-0.1, -0.05) is 24.3 Å². The lowest BCUT2D eigenvalue weighted by Gasteiger charge is -2.30. The smallest absolute Gasteiger partial charge is 0.308 e. The lowest BCUT2D eigenvalue weighted by atomic mass is 9.99. The predicted molar refractivity (Wildman–Crippen MR) is 80.1 cm³/mol. The van der Waals surface area contributed by atoms with Gasteiger partial charge in [-0.15, -0.1) is 0 Å². The summed E-state index contributed by atoms with van der Waals surface area (Å²) in [6.45, 7) is 2.68. The molecule has 1 fully saturated rings. The van der Waals surface area contributed by atoms with E-state index in [0.29, 0.717) is 25.9 Å². The van der Waals surface area contributed by atoms with Crippen molar-refractivity contribution < 1.29 is 17.9 Å². The molecule has 0 unspecified atom stereocenters. The predicted octanol–water partition coefficient (Wildman–Crippen LogP) is 1.71. The topological polar surface area (TPSA) is 63.7 Å². The normalized spacial score (nSPS) is 17.6. The zero-order chi connectivity index (χ0) is 15.5. The number of ether oxygens (including phenoxy) is 1. The molecule has 21 heavy (non-hydrogen) atoms. The molecule has 5 nitrogen and oxygen atoms in total. The third-order valence-corrected chi connectivity index (χ3v) is 5.81. The Morgan fingerprint density at radius 3 is 2.48 bits per heavy atom. The van der Waals surface area contributed by atoms with E-state index in [1.165, 1.54) is 11.4 Å². The zero-order valence-corrected chi connectivity index (χ0v) is 13.2. The lowest BCUT2D eigenvalue weighted by Crippen LogP contribution is -2.41. The molecule has 6 heteroatoms. The summed E-state index contributed by atoms with van der Waals surface area (Å²) in [5.74, 6) is -0.409. The van der Waals surface area contributed by atoms with Crippen molar-refractivity contribution in [1.29, 1.82) is 0 Å². The number of esters is 1. The highest BCUT2D eigenvalue weighted by molar-refractivity contribution is 7.88. The van der Waals surface area contributed by atoms with Crippen LogP contribution in [0.3, 0.4) is 0 Å².